The lowest BCUT2D eigenvalue weighted by Gasteiger charge is -2.33. The summed E-state index contributed by atoms with van der Waals surface area (Å²) in [4.78, 5) is 26.6. The Labute approximate surface area is 213 Å². The molecule has 2 fully saturated rings. The van der Waals surface area contributed by atoms with E-state index >= 15 is 0 Å². The molecule has 1 aromatic rings. The third-order valence-corrected chi connectivity index (χ3v) is 8.25. The van der Waals surface area contributed by atoms with Gasteiger partial charge in [-0.1, -0.05) is 12.5 Å². The predicted molar refractivity (Wildman–Crippen MR) is 136 cm³/mol. The number of urea groups is 1. The standard InChI is InChI=1S/C25H39FN4O5S/c1-25(12-15-29(2)3,20-9-10-21(26)22(17-20)35-18-19-7-8-19)28-36(33,34)16-6-4-5-13-30-14-11-23(31)27-24(30)32/h9-10,17,19,28H,4-8,11-16,18H2,1-3H3,(H,27,31,32). The fourth-order valence-corrected chi connectivity index (χ4v) is 5.72. The van der Waals surface area contributed by atoms with Crippen molar-refractivity contribution in [1.82, 2.24) is 19.8 Å². The molecule has 0 aromatic heterocycles. The molecule has 1 unspecified atom stereocenters. The number of hydrogen-bond acceptors (Lipinski definition) is 6. The normalized spacial score (nSPS) is 18.3. The minimum Gasteiger partial charge on any atom is -0.490 e. The van der Waals surface area contributed by atoms with Gasteiger partial charge >= 0.3 is 6.03 Å². The number of carbonyl (C=O) groups excluding carboxylic acids is 2. The highest BCUT2D eigenvalue weighted by molar-refractivity contribution is 7.89. The van der Waals surface area contributed by atoms with Crippen LogP contribution in [0.5, 0.6) is 5.75 Å². The van der Waals surface area contributed by atoms with Gasteiger partial charge in [0.25, 0.3) is 0 Å². The second-order valence-corrected chi connectivity index (χ2v) is 12.2. The Morgan fingerprint density at radius 1 is 1.22 bits per heavy atom. The molecule has 0 bridgehead atoms. The van der Waals surface area contributed by atoms with Crippen molar-refractivity contribution in [2.75, 3.05) is 46.1 Å². The van der Waals surface area contributed by atoms with Crippen molar-refractivity contribution in [1.29, 1.82) is 0 Å². The molecule has 36 heavy (non-hydrogen) atoms. The van der Waals surface area contributed by atoms with Crippen molar-refractivity contribution in [3.05, 3.63) is 29.6 Å². The molecule has 1 aromatic carbocycles. The average molecular weight is 527 g/mol. The average Bonchev–Trinajstić information content (AvgIpc) is 3.62. The number of sulfonamides is 1. The molecule has 1 aliphatic heterocycles. The number of benzene rings is 1. The topological polar surface area (TPSA) is 108 Å². The number of unbranched alkanes of at least 4 members (excludes halogenated alkanes) is 2. The number of amides is 3. The van der Waals surface area contributed by atoms with E-state index in [9.17, 15) is 22.4 Å². The predicted octanol–water partition coefficient (Wildman–Crippen LogP) is 2.81. The summed E-state index contributed by atoms with van der Waals surface area (Å²) in [7, 11) is 0.200. The van der Waals surface area contributed by atoms with Crippen LogP contribution in [-0.4, -0.2) is 76.2 Å². The van der Waals surface area contributed by atoms with Crippen LogP contribution in [0.1, 0.15) is 57.4 Å². The summed E-state index contributed by atoms with van der Waals surface area (Å²) in [5, 5.41) is 2.29. The molecule has 3 rings (SSSR count). The maximum absolute atomic E-state index is 14.4. The van der Waals surface area contributed by atoms with Gasteiger partial charge in [-0.15, -0.1) is 0 Å². The van der Waals surface area contributed by atoms with E-state index in [0.717, 1.165) is 12.8 Å². The minimum atomic E-state index is -3.64. The van der Waals surface area contributed by atoms with Crippen LogP contribution in [0, 0.1) is 11.7 Å². The summed E-state index contributed by atoms with van der Waals surface area (Å²) < 4.78 is 49.0. The molecule has 1 aliphatic carbocycles. The summed E-state index contributed by atoms with van der Waals surface area (Å²) in [6.07, 6.45) is 4.67. The Hall–Kier alpha value is -2.24. The van der Waals surface area contributed by atoms with Crippen molar-refractivity contribution in [3.8, 4) is 5.75 Å². The van der Waals surface area contributed by atoms with Crippen LogP contribution in [0.15, 0.2) is 18.2 Å². The summed E-state index contributed by atoms with van der Waals surface area (Å²) >= 11 is 0. The lowest BCUT2D eigenvalue weighted by Crippen LogP contribution is -2.49. The number of halogens is 1. The molecule has 2 aliphatic rings. The Kier molecular flexibility index (Phi) is 9.71. The smallest absolute Gasteiger partial charge is 0.324 e. The number of hydrogen-bond donors (Lipinski definition) is 2. The number of ether oxygens (including phenoxy) is 1. The maximum atomic E-state index is 14.4. The second-order valence-electron chi connectivity index (χ2n) is 10.4. The molecule has 0 spiro atoms. The highest BCUT2D eigenvalue weighted by atomic mass is 32.2. The Balaban J connectivity index is 1.59. The SMILES string of the molecule is CN(C)CCC(C)(NS(=O)(=O)CCCCCN1CCC(=O)NC1=O)c1ccc(F)c(OCC2CC2)c1. The fraction of sp³-hybridized carbons (Fsp3) is 0.680. The molecular formula is C25H39FN4O5S. The zero-order valence-corrected chi connectivity index (χ0v) is 22.3. The number of nitrogens with zero attached hydrogens (tertiary/aromatic N) is 2. The van der Waals surface area contributed by atoms with Gasteiger partial charge in [-0.2, -0.15) is 0 Å². The molecule has 2 N–H and O–H groups in total. The summed E-state index contributed by atoms with van der Waals surface area (Å²) in [6, 6.07) is 4.18. The Morgan fingerprint density at radius 2 is 1.97 bits per heavy atom. The highest BCUT2D eigenvalue weighted by Gasteiger charge is 2.33. The van der Waals surface area contributed by atoms with Crippen LogP contribution in [-0.2, 0) is 20.4 Å². The molecule has 1 heterocycles. The lowest BCUT2D eigenvalue weighted by molar-refractivity contribution is -0.121. The molecule has 9 nitrogen and oxygen atoms in total. The summed E-state index contributed by atoms with van der Waals surface area (Å²) in [6.45, 7) is 3.79. The number of nitrogens with one attached hydrogen (secondary N) is 2. The van der Waals surface area contributed by atoms with Crippen molar-refractivity contribution in [2.45, 2.75) is 57.4 Å². The van der Waals surface area contributed by atoms with Crippen molar-refractivity contribution < 1.29 is 27.1 Å². The first kappa shape index (κ1) is 28.3. The number of carbonyl (C=O) groups is 2. The van der Waals surface area contributed by atoms with Crippen LogP contribution in [0.4, 0.5) is 9.18 Å². The van der Waals surface area contributed by atoms with Crippen LogP contribution in [0.25, 0.3) is 0 Å². The van der Waals surface area contributed by atoms with E-state index in [-0.39, 0.29) is 23.8 Å². The summed E-state index contributed by atoms with van der Waals surface area (Å²) in [5.74, 6) is -0.157. The van der Waals surface area contributed by atoms with Crippen LogP contribution in [0.2, 0.25) is 0 Å². The molecule has 1 saturated heterocycles. The van der Waals surface area contributed by atoms with Gasteiger partial charge in [-0.3, -0.25) is 10.1 Å². The first-order valence-corrected chi connectivity index (χ1v) is 14.3. The zero-order chi connectivity index (χ0) is 26.3. The second kappa shape index (κ2) is 12.3. The third kappa shape index (κ3) is 8.70. The van der Waals surface area contributed by atoms with Crippen LogP contribution in [0.3, 0.4) is 0 Å². The van der Waals surface area contributed by atoms with Gasteiger partial charge < -0.3 is 14.5 Å². The molecule has 0 radical (unpaired) electrons. The van der Waals surface area contributed by atoms with E-state index in [2.05, 4.69) is 10.0 Å². The Bertz CT molecular complexity index is 1030. The quantitative estimate of drug-likeness (QED) is 0.340. The van der Waals surface area contributed by atoms with E-state index in [4.69, 9.17) is 4.74 Å². The molecule has 202 valence electrons. The molecule has 1 atom stereocenters. The fourth-order valence-electron chi connectivity index (χ4n) is 4.13. The van der Waals surface area contributed by atoms with E-state index in [0.29, 0.717) is 63.4 Å². The van der Waals surface area contributed by atoms with Crippen LogP contribution >= 0.6 is 0 Å². The van der Waals surface area contributed by atoms with Gasteiger partial charge in [-0.25, -0.2) is 22.3 Å². The van der Waals surface area contributed by atoms with Crippen molar-refractivity contribution in [2.24, 2.45) is 5.92 Å². The van der Waals surface area contributed by atoms with Crippen LogP contribution < -0.4 is 14.8 Å². The maximum Gasteiger partial charge on any atom is 0.324 e. The van der Waals surface area contributed by atoms with E-state index in [1.165, 1.54) is 6.07 Å². The third-order valence-electron chi connectivity index (χ3n) is 6.66. The zero-order valence-electron chi connectivity index (χ0n) is 21.5. The van der Waals surface area contributed by atoms with Gasteiger partial charge in [0.15, 0.2) is 11.6 Å². The highest BCUT2D eigenvalue weighted by Crippen LogP contribution is 2.33. The van der Waals surface area contributed by atoms with Crippen molar-refractivity contribution >= 4 is 22.0 Å². The van der Waals surface area contributed by atoms with Gasteiger partial charge in [0.1, 0.15) is 0 Å². The largest absolute Gasteiger partial charge is 0.490 e. The van der Waals surface area contributed by atoms with E-state index in [1.54, 1.807) is 17.0 Å². The molecular weight excluding hydrogens is 487 g/mol. The number of imide groups is 1. The Morgan fingerprint density at radius 3 is 2.64 bits per heavy atom. The monoisotopic (exact) mass is 526 g/mol. The first-order chi connectivity index (χ1) is 17.0. The van der Waals surface area contributed by atoms with Gasteiger partial charge in [0.2, 0.25) is 15.9 Å². The summed E-state index contributed by atoms with van der Waals surface area (Å²) in [5.41, 5.74) is -0.279. The van der Waals surface area contributed by atoms with Gasteiger partial charge in [0.05, 0.1) is 17.9 Å². The molecule has 1 saturated carbocycles. The van der Waals surface area contributed by atoms with Gasteiger partial charge in [0, 0.05) is 19.5 Å². The molecule has 11 heteroatoms. The lowest BCUT2D eigenvalue weighted by atomic mass is 9.89. The van der Waals surface area contributed by atoms with E-state index < -0.39 is 27.4 Å². The van der Waals surface area contributed by atoms with Crippen molar-refractivity contribution in [3.63, 3.8) is 0 Å². The van der Waals surface area contributed by atoms with E-state index in [1.807, 2.05) is 25.9 Å². The first-order valence-electron chi connectivity index (χ1n) is 12.7. The van der Waals surface area contributed by atoms with Gasteiger partial charge in [-0.05, 0) is 83.3 Å². The minimum absolute atomic E-state index is 0.0541. The molecule has 3 amide bonds. The number of rotatable bonds is 15.